The highest BCUT2D eigenvalue weighted by atomic mass is 32.2. The highest BCUT2D eigenvalue weighted by Gasteiger charge is 2.37. The van der Waals surface area contributed by atoms with Crippen LogP contribution in [0.4, 0.5) is 29.0 Å². The number of aryl methyl sites for hydroxylation is 2. The summed E-state index contributed by atoms with van der Waals surface area (Å²) in [6, 6.07) is 16.2. The first kappa shape index (κ1) is 140. The van der Waals surface area contributed by atoms with Crippen molar-refractivity contribution >= 4 is 73.8 Å². The van der Waals surface area contributed by atoms with Crippen molar-refractivity contribution in [3.8, 4) is 0 Å². The number of sulfone groups is 1. The van der Waals surface area contributed by atoms with E-state index < -0.39 is 9.84 Å². The van der Waals surface area contributed by atoms with Crippen LogP contribution in [0.25, 0.3) is 0 Å². The van der Waals surface area contributed by atoms with Crippen LogP contribution < -0.4 is 63.8 Å². The van der Waals surface area contributed by atoms with E-state index in [1.807, 2.05) is 127 Å². The van der Waals surface area contributed by atoms with Gasteiger partial charge < -0.3 is 73.1 Å². The molecule has 2 atom stereocenters. The van der Waals surface area contributed by atoms with E-state index in [0.29, 0.717) is 23.7 Å². The zero-order chi connectivity index (χ0) is 111. The highest BCUT2D eigenvalue weighted by molar-refractivity contribution is 7.93. The highest BCUT2D eigenvalue weighted by Crippen LogP contribution is 2.31. The number of aromatic amines is 4. The second-order valence-electron chi connectivity index (χ2n) is 49.5. The lowest BCUT2D eigenvalue weighted by molar-refractivity contribution is -0.143. The molecule has 16 N–H and O–H groups in total. The first-order chi connectivity index (χ1) is 64.0. The van der Waals surface area contributed by atoms with Crippen molar-refractivity contribution in [2.24, 2.45) is 18.4 Å². The number of Topliss-reactive ketones (excluding diaryl/α,β-unsaturated/α-hetero) is 4. The minimum atomic E-state index is -3.14. The van der Waals surface area contributed by atoms with Gasteiger partial charge in [0.25, 0.3) is 0 Å². The van der Waals surface area contributed by atoms with Crippen molar-refractivity contribution in [1.29, 1.82) is 0 Å². The number of rotatable bonds is 25. The van der Waals surface area contributed by atoms with Crippen molar-refractivity contribution in [1.82, 2.24) is 107 Å². The molecule has 2 aromatic carbocycles. The molecule has 143 heavy (non-hydrogen) atoms. The van der Waals surface area contributed by atoms with Crippen LogP contribution >= 0.6 is 0 Å². The Morgan fingerprint density at radius 2 is 0.916 bits per heavy atom. The number of methoxy groups -OCH3 is 1. The summed E-state index contributed by atoms with van der Waals surface area (Å²) in [5, 5.41) is 62.5. The molecule has 1 amide bonds. The zero-order valence-electron chi connectivity index (χ0n) is 97.2. The molecule has 35 nitrogen and oxygen atoms in total. The van der Waals surface area contributed by atoms with Gasteiger partial charge in [-0.25, -0.2) is 33.5 Å². The van der Waals surface area contributed by atoms with Crippen molar-refractivity contribution < 1.29 is 41.9 Å². The van der Waals surface area contributed by atoms with Gasteiger partial charge in [0.1, 0.15) is 54.0 Å². The Hall–Kier alpha value is -9.43. The first-order valence-electron chi connectivity index (χ1n) is 49.5. The van der Waals surface area contributed by atoms with Crippen LogP contribution in [-0.2, 0) is 58.6 Å². The number of ketones is 4. The number of benzene rings is 2. The maximum atomic E-state index is 11.5. The maximum Gasteiger partial charge on any atom is 0.322 e. The summed E-state index contributed by atoms with van der Waals surface area (Å²) in [5.41, 5.74) is 5.93. The molecule has 0 radical (unpaired) electrons. The third-order valence-corrected chi connectivity index (χ3v) is 20.7. The number of anilines is 5. The van der Waals surface area contributed by atoms with Crippen molar-refractivity contribution in [3.05, 3.63) is 115 Å². The monoisotopic (exact) mass is 2030 g/mol. The third kappa shape index (κ3) is 84.5. The summed E-state index contributed by atoms with van der Waals surface area (Å²) in [4.78, 5) is 87.3. The number of carbonyl (C=O) groups is 6. The number of H-pyrrole nitrogens is 4. The van der Waals surface area contributed by atoms with Crippen molar-refractivity contribution in [3.63, 3.8) is 0 Å². The van der Waals surface area contributed by atoms with Crippen LogP contribution in [0.2, 0.25) is 0 Å². The molecule has 2 aliphatic carbocycles. The van der Waals surface area contributed by atoms with E-state index in [0.717, 1.165) is 86.3 Å². The Morgan fingerprint density at radius 3 is 1.26 bits per heavy atom. The number of ether oxygens (including phenoxy) is 1. The van der Waals surface area contributed by atoms with E-state index in [-0.39, 0.29) is 138 Å². The molecule has 36 heteroatoms. The van der Waals surface area contributed by atoms with Crippen LogP contribution in [-0.4, -0.2) is 250 Å². The molecule has 2 fully saturated rings. The molecule has 2 unspecified atom stereocenters. The molecule has 822 valence electrons. The summed E-state index contributed by atoms with van der Waals surface area (Å²) in [6.07, 6.45) is 16.3. The maximum absolute atomic E-state index is 11.5. The predicted octanol–water partition coefficient (Wildman–Crippen LogP) is 18.7. The minimum absolute atomic E-state index is 0. The number of hydrogen-bond acceptors (Lipinski definition) is 29. The van der Waals surface area contributed by atoms with E-state index in [1.165, 1.54) is 37.3 Å². The summed E-state index contributed by atoms with van der Waals surface area (Å²) >= 11 is 0. The van der Waals surface area contributed by atoms with Gasteiger partial charge in [-0.3, -0.25) is 49.0 Å². The van der Waals surface area contributed by atoms with Crippen LogP contribution in [0.5, 0.6) is 0 Å². The Kier molecular flexibility index (Phi) is 61.8. The molecular weight excluding hydrogens is 1830 g/mol. The first-order valence-corrected chi connectivity index (χ1v) is 51.2. The Labute approximate surface area is 865 Å². The average molecular weight is 2030 g/mol. The predicted molar refractivity (Wildman–Crippen MR) is 598 cm³/mol. The quantitative estimate of drug-likeness (QED) is 0.0187. The van der Waals surface area contributed by atoms with Crippen LogP contribution in [0.15, 0.2) is 92.3 Å². The number of esters is 1. The lowest BCUT2D eigenvalue weighted by Gasteiger charge is -2.39. The number of likely N-dealkylation sites (N-methyl/N-ethyl adjacent to an activating group) is 1. The third-order valence-electron chi connectivity index (χ3n) is 18.5. The van der Waals surface area contributed by atoms with Crippen molar-refractivity contribution in [2.75, 3.05) is 73.2 Å². The number of amides is 1. The van der Waals surface area contributed by atoms with Gasteiger partial charge in [-0.1, -0.05) is 39.0 Å². The van der Waals surface area contributed by atoms with Gasteiger partial charge in [-0.2, -0.15) is 20.4 Å². The second-order valence-corrected chi connectivity index (χ2v) is 51.8. The Morgan fingerprint density at radius 1 is 0.497 bits per heavy atom. The molecule has 0 aliphatic heterocycles. The molecule has 5 aromatic heterocycles. The molecule has 2 saturated carbocycles. The summed E-state index contributed by atoms with van der Waals surface area (Å²) in [7, 11) is 3.69. The zero-order valence-corrected chi connectivity index (χ0v) is 98.0. The van der Waals surface area contributed by atoms with Gasteiger partial charge in [-0.05, 0) is 353 Å². The fourth-order valence-corrected chi connectivity index (χ4v) is 13.2. The number of imidazole rings is 1. The molecule has 0 saturated heterocycles. The largest absolute Gasteiger partial charge is 0.468 e. The molecule has 7 aromatic rings. The molecule has 5 heterocycles. The fraction of sp³-hybridized carbons (Fsp3) is 0.720. The van der Waals surface area contributed by atoms with Crippen LogP contribution in [0, 0.1) is 18.3 Å². The van der Waals surface area contributed by atoms with Gasteiger partial charge in [0.15, 0.2) is 27.4 Å². The standard InChI is InChI=1S/C12H17NO.C11H17N.C10H19NO3S.C10H19NO.C10H21NO.C9H20N2O.C8H16N4.C8H15N3.C8H17NO2.C7H14N4.C7H13N3.C6H12N4.CH4/c1-9(14)10-5-7-11(8-6-10)13-12(2,3)4;1-9-5-7-10(8-6-9)12-11(2,3)4;1-10(2,3)11-6-8(12)7-15(13,14)9-4-5-9;1-7(12)8-5-9(6-8)11-10(2,3)4;1-8(12)10(5,6)7-11-9(2,3)4;1-7(8(12)11(5)6)10-9(2,3)4;1-8(2,3)10-5-4-7-9-6-11-12-7;1-8(2,3)10-7-5-9-11(4)6-7;1-6(7(10)11-5)9-8(2,3)4;1-7(2,3)9-4-6-8-5-10-11-6;1-7(2,3)10-6-8-4-5-9-6;1-6(2,3)9-5-7-4-8-10-5;/h5-8,13H,1-4H3;5-8,12H,1-4H3;9,11H,4-7H2,1-3H3;8-9,11H,5-6H2,1-4H3;11H,7H2,1-6H3;7,10H,1-6H3;6,10H,4-5H2,1-3H3,(H,9,11,12);5-6,10H,1-4H3;6,9H,1-5H3;5,9H,4H2,1-3H3,(H,8,10,11);4-5H,1-3H3,(H2,8,9,10);4H,1-3H3,(H2,7,8,9,10);1H4. The number of aromatic nitrogens is 13. The van der Waals surface area contributed by atoms with Gasteiger partial charge in [-0.15, -0.1) is 0 Å². The Bertz CT molecular complexity index is 4620. The number of nitrogens with zero attached hydrogens (tertiary/aromatic N) is 10. The molecule has 0 spiro atoms. The molecular formula is C107H204N26O9S. The normalized spacial score (nSPS) is 14.2. The minimum Gasteiger partial charge on any atom is -0.468 e. The molecule has 0 bridgehead atoms. The van der Waals surface area contributed by atoms with Crippen LogP contribution in [0.1, 0.15) is 358 Å². The number of hydrogen-bond donors (Lipinski definition) is 16. The lowest BCUT2D eigenvalue weighted by Crippen LogP contribution is -2.51. The summed E-state index contributed by atoms with van der Waals surface area (Å²) < 4.78 is 29.3. The van der Waals surface area contributed by atoms with E-state index in [9.17, 15) is 37.2 Å². The lowest BCUT2D eigenvalue weighted by atomic mass is 9.77. The van der Waals surface area contributed by atoms with E-state index in [1.54, 1.807) is 63.8 Å². The van der Waals surface area contributed by atoms with Gasteiger partial charge in [0.2, 0.25) is 11.9 Å². The van der Waals surface area contributed by atoms with E-state index >= 15 is 0 Å². The van der Waals surface area contributed by atoms with Gasteiger partial charge in [0, 0.05) is 160 Å². The summed E-state index contributed by atoms with van der Waals surface area (Å²) in [5.74, 6) is 3.73. The smallest absolute Gasteiger partial charge is 0.322 e. The van der Waals surface area contributed by atoms with E-state index in [2.05, 4.69) is 347 Å². The van der Waals surface area contributed by atoms with Crippen LogP contribution in [0.3, 0.4) is 0 Å². The topological polar surface area (TPSA) is 465 Å². The Balaban J connectivity index is -0.000000738. The van der Waals surface area contributed by atoms with Gasteiger partial charge >= 0.3 is 5.97 Å². The second kappa shape index (κ2) is 63.2. The van der Waals surface area contributed by atoms with E-state index in [4.69, 9.17) is 0 Å². The van der Waals surface area contributed by atoms with Crippen molar-refractivity contribution in [2.45, 2.75) is 441 Å². The van der Waals surface area contributed by atoms with Gasteiger partial charge in [0.05, 0.1) is 43.4 Å². The number of nitrogens with one attached hydrogen (secondary N) is 16. The fourth-order valence-electron chi connectivity index (χ4n) is 11.6. The number of carbonyl (C=O) groups excluding carboxylic acids is 6. The molecule has 2 aliphatic rings. The SMILES string of the molecule is C.CC(=O)C(C)(C)CNC(C)(C)C.CC(=O)C1CC(NC(C)(C)C)C1.CC(=O)c1ccc(NC(C)(C)C)cc1.CC(C)(C)NCC(=O)CS(=O)(=O)C1CC1.CC(C)(C)NCCc1ncn[nH]1.CC(C)(C)NCc1ncn[nH]1.CC(C)(C)Nc1ncc[nH]1.CC(C)(C)Nc1ncn[nH]1.CC(NC(C)(C)C)C(=O)N(C)C.COC(=O)C(C)NC(C)(C)C.Cc1ccc(NC(C)(C)C)cc1.Cn1cc(NC(C)(C)C)cn1. The average Bonchev–Trinajstić information content (AvgIpc) is 1.69. The summed E-state index contributed by atoms with van der Waals surface area (Å²) in [6.45, 7) is 92.3. The molecule has 9 rings (SSSR count).